The van der Waals surface area contributed by atoms with Crippen molar-refractivity contribution in [2.75, 3.05) is 40.0 Å². The van der Waals surface area contributed by atoms with Gasteiger partial charge in [-0.25, -0.2) is 0 Å². The van der Waals surface area contributed by atoms with Crippen LogP contribution in [0.3, 0.4) is 0 Å². The Balaban J connectivity index is 3.51. The largest absolute Gasteiger partial charge is 0.480 e. The van der Waals surface area contributed by atoms with Gasteiger partial charge < -0.3 is 19.5 Å². The highest BCUT2D eigenvalue weighted by molar-refractivity contribution is 5.81. The molecule has 0 saturated carbocycles. The van der Waals surface area contributed by atoms with Gasteiger partial charge in [-0.15, -0.1) is 0 Å². The Morgan fingerprint density at radius 1 is 1.27 bits per heavy atom. The number of amides is 1. The van der Waals surface area contributed by atoms with Gasteiger partial charge in [-0.05, 0) is 6.92 Å². The Morgan fingerprint density at radius 3 is 2.40 bits per heavy atom. The van der Waals surface area contributed by atoms with Gasteiger partial charge in [0.1, 0.15) is 13.2 Å². The lowest BCUT2D eigenvalue weighted by atomic mass is 10.5. The molecule has 0 saturated heterocycles. The molecule has 0 aliphatic rings. The normalized spacial score (nSPS) is 10.0. The monoisotopic (exact) mass is 219 g/mol. The van der Waals surface area contributed by atoms with Gasteiger partial charge >= 0.3 is 5.97 Å². The van der Waals surface area contributed by atoms with Crippen molar-refractivity contribution in [2.45, 2.75) is 6.92 Å². The summed E-state index contributed by atoms with van der Waals surface area (Å²) < 4.78 is 9.99. The lowest BCUT2D eigenvalue weighted by molar-refractivity contribution is -0.145. The number of nitrogens with zero attached hydrogens (tertiary/aromatic N) is 1. The van der Waals surface area contributed by atoms with Gasteiger partial charge in [0.25, 0.3) is 0 Å². The number of rotatable bonds is 8. The summed E-state index contributed by atoms with van der Waals surface area (Å²) in [6, 6.07) is 0. The SMILES string of the molecule is CCOCCOCC(=O)N(C)CC(=O)O. The lowest BCUT2D eigenvalue weighted by Gasteiger charge is -2.14. The van der Waals surface area contributed by atoms with Crippen LogP contribution in [0.1, 0.15) is 6.92 Å². The van der Waals surface area contributed by atoms with E-state index in [2.05, 4.69) is 0 Å². The second kappa shape index (κ2) is 8.19. The van der Waals surface area contributed by atoms with Crippen LogP contribution >= 0.6 is 0 Å². The summed E-state index contributed by atoms with van der Waals surface area (Å²) >= 11 is 0. The highest BCUT2D eigenvalue weighted by Crippen LogP contribution is 1.87. The highest BCUT2D eigenvalue weighted by atomic mass is 16.5. The molecule has 0 heterocycles. The van der Waals surface area contributed by atoms with Crippen molar-refractivity contribution < 1.29 is 24.2 Å². The third-order valence-corrected chi connectivity index (χ3v) is 1.60. The molecule has 0 aromatic rings. The molecule has 0 rings (SSSR count). The molecule has 0 bridgehead atoms. The third-order valence-electron chi connectivity index (χ3n) is 1.60. The Morgan fingerprint density at radius 2 is 1.87 bits per heavy atom. The molecule has 0 aromatic carbocycles. The van der Waals surface area contributed by atoms with Crippen LogP contribution in [0.15, 0.2) is 0 Å². The van der Waals surface area contributed by atoms with Gasteiger partial charge in [0.2, 0.25) is 5.91 Å². The summed E-state index contributed by atoms with van der Waals surface area (Å²) in [5, 5.41) is 8.42. The van der Waals surface area contributed by atoms with Crippen LogP contribution in [0.2, 0.25) is 0 Å². The van der Waals surface area contributed by atoms with Crippen molar-refractivity contribution in [1.29, 1.82) is 0 Å². The fraction of sp³-hybridized carbons (Fsp3) is 0.778. The van der Waals surface area contributed by atoms with Crippen LogP contribution in [0, 0.1) is 0 Å². The second-order valence-electron chi connectivity index (χ2n) is 2.89. The van der Waals surface area contributed by atoms with Gasteiger partial charge in [-0.3, -0.25) is 9.59 Å². The minimum absolute atomic E-state index is 0.114. The molecule has 1 amide bonds. The molecule has 6 nitrogen and oxygen atoms in total. The topological polar surface area (TPSA) is 76.1 Å². The molecule has 0 aromatic heterocycles. The van der Waals surface area contributed by atoms with E-state index in [9.17, 15) is 9.59 Å². The van der Waals surface area contributed by atoms with Gasteiger partial charge in [0.05, 0.1) is 13.2 Å². The van der Waals surface area contributed by atoms with Gasteiger partial charge in [0, 0.05) is 13.7 Å². The lowest BCUT2D eigenvalue weighted by Crippen LogP contribution is -2.34. The third kappa shape index (κ3) is 7.90. The van der Waals surface area contributed by atoms with Crippen LogP contribution in [0.5, 0.6) is 0 Å². The van der Waals surface area contributed by atoms with Gasteiger partial charge in [-0.1, -0.05) is 0 Å². The molecule has 0 atom stereocenters. The fourth-order valence-electron chi connectivity index (χ4n) is 0.823. The molecule has 6 heteroatoms. The first-order valence-corrected chi connectivity index (χ1v) is 4.69. The fourth-order valence-corrected chi connectivity index (χ4v) is 0.823. The molecular formula is C9H17NO5. The zero-order valence-corrected chi connectivity index (χ0v) is 9.06. The van der Waals surface area contributed by atoms with E-state index in [1.807, 2.05) is 6.92 Å². The van der Waals surface area contributed by atoms with E-state index < -0.39 is 5.97 Å². The number of carbonyl (C=O) groups is 2. The number of carboxylic acids is 1. The number of carboxylic acid groups (broad SMARTS) is 1. The van der Waals surface area contributed by atoms with Crippen LogP contribution < -0.4 is 0 Å². The maximum atomic E-state index is 11.2. The number of likely N-dealkylation sites (N-methyl/N-ethyl adjacent to an activating group) is 1. The molecule has 0 spiro atoms. The predicted octanol–water partition coefficient (Wildman–Crippen LogP) is -0.417. The van der Waals surface area contributed by atoms with Crippen LogP contribution in [0.25, 0.3) is 0 Å². The Bertz CT molecular complexity index is 207. The Kier molecular flexibility index (Phi) is 7.57. The van der Waals surface area contributed by atoms with Crippen molar-refractivity contribution in [3.63, 3.8) is 0 Å². The van der Waals surface area contributed by atoms with Gasteiger partial charge in [-0.2, -0.15) is 0 Å². The van der Waals surface area contributed by atoms with Crippen molar-refractivity contribution in [2.24, 2.45) is 0 Å². The molecule has 88 valence electrons. The van der Waals surface area contributed by atoms with E-state index in [4.69, 9.17) is 14.6 Å². The maximum Gasteiger partial charge on any atom is 0.323 e. The Labute approximate surface area is 88.8 Å². The summed E-state index contributed by atoms with van der Waals surface area (Å²) in [6.45, 7) is 2.82. The molecule has 0 aliphatic heterocycles. The maximum absolute atomic E-state index is 11.2. The van der Waals surface area contributed by atoms with Gasteiger partial charge in [0.15, 0.2) is 0 Å². The molecule has 0 unspecified atom stereocenters. The zero-order chi connectivity index (χ0) is 11.7. The van der Waals surface area contributed by atoms with Crippen LogP contribution in [-0.4, -0.2) is 61.9 Å². The molecule has 0 aliphatic carbocycles. The molecule has 1 N–H and O–H groups in total. The van der Waals surface area contributed by atoms with Crippen LogP contribution in [-0.2, 0) is 19.1 Å². The number of hydrogen-bond acceptors (Lipinski definition) is 4. The quantitative estimate of drug-likeness (QED) is 0.561. The molecular weight excluding hydrogens is 202 g/mol. The van der Waals surface area contributed by atoms with Crippen molar-refractivity contribution in [1.82, 2.24) is 4.90 Å². The van der Waals surface area contributed by atoms with E-state index in [1.165, 1.54) is 7.05 Å². The summed E-state index contributed by atoms with van der Waals surface area (Å²) in [6.07, 6.45) is 0. The number of hydrogen-bond donors (Lipinski definition) is 1. The summed E-state index contributed by atoms with van der Waals surface area (Å²) in [7, 11) is 1.42. The first-order chi connectivity index (χ1) is 7.07. The van der Waals surface area contributed by atoms with Crippen molar-refractivity contribution in [3.05, 3.63) is 0 Å². The molecule has 0 fully saturated rings. The van der Waals surface area contributed by atoms with E-state index >= 15 is 0 Å². The smallest absolute Gasteiger partial charge is 0.323 e. The molecule has 0 radical (unpaired) electrons. The predicted molar refractivity (Wildman–Crippen MR) is 52.6 cm³/mol. The minimum Gasteiger partial charge on any atom is -0.480 e. The number of carbonyl (C=O) groups excluding carboxylic acids is 1. The van der Waals surface area contributed by atoms with Crippen LogP contribution in [0.4, 0.5) is 0 Å². The zero-order valence-electron chi connectivity index (χ0n) is 9.06. The van der Waals surface area contributed by atoms with Crippen molar-refractivity contribution in [3.8, 4) is 0 Å². The minimum atomic E-state index is -1.04. The average molecular weight is 219 g/mol. The van der Waals surface area contributed by atoms with E-state index in [1.54, 1.807) is 0 Å². The summed E-state index contributed by atoms with van der Waals surface area (Å²) in [4.78, 5) is 22.6. The standard InChI is InChI=1S/C9H17NO5/c1-3-14-4-5-15-7-8(11)10(2)6-9(12)13/h3-7H2,1-2H3,(H,12,13). The first kappa shape index (κ1) is 13.9. The summed E-state index contributed by atoms with van der Waals surface area (Å²) in [5.41, 5.74) is 0. The Hall–Kier alpha value is -1.14. The van der Waals surface area contributed by atoms with E-state index in [0.717, 1.165) is 4.90 Å². The average Bonchev–Trinajstić information content (AvgIpc) is 2.16. The number of aliphatic carboxylic acids is 1. The van der Waals surface area contributed by atoms with E-state index in [0.29, 0.717) is 19.8 Å². The van der Waals surface area contributed by atoms with Crippen molar-refractivity contribution >= 4 is 11.9 Å². The highest BCUT2D eigenvalue weighted by Gasteiger charge is 2.11. The first-order valence-electron chi connectivity index (χ1n) is 4.69. The number of ether oxygens (including phenoxy) is 2. The second-order valence-corrected chi connectivity index (χ2v) is 2.89. The molecule has 15 heavy (non-hydrogen) atoms. The summed E-state index contributed by atoms with van der Waals surface area (Å²) in [5.74, 6) is -1.39. The van der Waals surface area contributed by atoms with E-state index in [-0.39, 0.29) is 19.1 Å².